The van der Waals surface area contributed by atoms with E-state index >= 15 is 0 Å². The van der Waals surface area contributed by atoms with Gasteiger partial charge in [-0.3, -0.25) is 14.2 Å². The number of aromatic nitrogens is 4. The number of halogens is 2. The van der Waals surface area contributed by atoms with Crippen molar-refractivity contribution in [2.75, 3.05) is 19.0 Å². The summed E-state index contributed by atoms with van der Waals surface area (Å²) in [5, 5.41) is 2.55. The van der Waals surface area contributed by atoms with Gasteiger partial charge in [0.25, 0.3) is 5.56 Å². The number of ether oxygens (including phenoxy) is 2. The van der Waals surface area contributed by atoms with Crippen molar-refractivity contribution in [2.45, 2.75) is 26.2 Å². The van der Waals surface area contributed by atoms with Crippen LogP contribution in [0.4, 0.5) is 14.5 Å². The first kappa shape index (κ1) is 24.8. The third-order valence-electron chi connectivity index (χ3n) is 5.37. The van der Waals surface area contributed by atoms with Crippen molar-refractivity contribution < 1.29 is 23.0 Å². The second kappa shape index (κ2) is 11.0. The van der Waals surface area contributed by atoms with Gasteiger partial charge in [-0.1, -0.05) is 30.3 Å². The molecule has 10 nitrogen and oxygen atoms in total. The molecule has 2 aromatic heterocycles. The number of benzene rings is 2. The van der Waals surface area contributed by atoms with Crippen molar-refractivity contribution in [3.05, 3.63) is 87.3 Å². The highest BCUT2D eigenvalue weighted by Crippen LogP contribution is 2.17. The van der Waals surface area contributed by atoms with Gasteiger partial charge in [-0.2, -0.15) is 8.78 Å². The zero-order valence-electron chi connectivity index (χ0n) is 19.3. The summed E-state index contributed by atoms with van der Waals surface area (Å²) in [5.74, 6) is -0.719. The molecular formula is C24H23F2N5O5. The number of imidazole rings is 1. The summed E-state index contributed by atoms with van der Waals surface area (Å²) in [6, 6.07) is 14.4. The molecular weight excluding hydrogens is 476 g/mol. The van der Waals surface area contributed by atoms with E-state index in [4.69, 9.17) is 4.74 Å². The number of methoxy groups -OCH3 is 1. The highest BCUT2D eigenvalue weighted by Gasteiger charge is 2.20. The molecule has 12 heteroatoms. The summed E-state index contributed by atoms with van der Waals surface area (Å²) in [7, 11) is 1.53. The molecule has 0 bridgehead atoms. The van der Waals surface area contributed by atoms with Crippen molar-refractivity contribution in [3.63, 3.8) is 0 Å². The van der Waals surface area contributed by atoms with Crippen LogP contribution >= 0.6 is 0 Å². The Balaban J connectivity index is 1.68. The van der Waals surface area contributed by atoms with Gasteiger partial charge < -0.3 is 19.4 Å². The van der Waals surface area contributed by atoms with E-state index in [1.165, 1.54) is 42.3 Å². The number of carbonyl (C=O) groups is 1. The van der Waals surface area contributed by atoms with Crippen molar-refractivity contribution in [3.8, 4) is 5.75 Å². The maximum atomic E-state index is 13.4. The van der Waals surface area contributed by atoms with Gasteiger partial charge in [-0.05, 0) is 29.8 Å². The average molecular weight is 499 g/mol. The number of nitrogens with one attached hydrogen (secondary N) is 1. The Hall–Kier alpha value is -4.32. The van der Waals surface area contributed by atoms with Crippen LogP contribution in [-0.4, -0.2) is 44.9 Å². The summed E-state index contributed by atoms with van der Waals surface area (Å²) in [6.07, 6.45) is 1.46. The molecule has 0 fully saturated rings. The second-order valence-electron chi connectivity index (χ2n) is 7.80. The minimum Gasteiger partial charge on any atom is -0.435 e. The van der Waals surface area contributed by atoms with Crippen LogP contribution in [0.25, 0.3) is 11.2 Å². The van der Waals surface area contributed by atoms with Crippen LogP contribution in [0.15, 0.2) is 70.5 Å². The Morgan fingerprint density at radius 3 is 2.44 bits per heavy atom. The molecule has 1 amide bonds. The number of fused-ring (bicyclic) bond motifs is 1. The first-order valence-corrected chi connectivity index (χ1v) is 10.9. The van der Waals surface area contributed by atoms with Crippen LogP contribution in [0.5, 0.6) is 5.75 Å². The number of rotatable bonds is 10. The maximum Gasteiger partial charge on any atom is 0.387 e. The van der Waals surface area contributed by atoms with Gasteiger partial charge in [0.2, 0.25) is 5.91 Å². The van der Waals surface area contributed by atoms with Gasteiger partial charge in [0.1, 0.15) is 12.3 Å². The molecule has 0 aliphatic rings. The van der Waals surface area contributed by atoms with E-state index in [2.05, 4.69) is 15.0 Å². The molecule has 0 atom stereocenters. The molecule has 2 aromatic carbocycles. The number of nitrogens with zero attached hydrogens (tertiary/aromatic N) is 4. The monoisotopic (exact) mass is 499 g/mol. The third kappa shape index (κ3) is 5.49. The molecule has 188 valence electrons. The van der Waals surface area contributed by atoms with Crippen molar-refractivity contribution in [2.24, 2.45) is 0 Å². The maximum absolute atomic E-state index is 13.4. The molecule has 0 unspecified atom stereocenters. The van der Waals surface area contributed by atoms with Gasteiger partial charge in [-0.25, -0.2) is 14.3 Å². The lowest BCUT2D eigenvalue weighted by Crippen LogP contribution is -2.43. The molecule has 1 N–H and O–H groups in total. The number of amides is 1. The van der Waals surface area contributed by atoms with Gasteiger partial charge in [0, 0.05) is 19.3 Å². The van der Waals surface area contributed by atoms with Crippen LogP contribution < -0.4 is 21.3 Å². The van der Waals surface area contributed by atoms with Crippen LogP contribution in [0.3, 0.4) is 0 Å². The molecule has 0 spiro atoms. The molecule has 0 saturated heterocycles. The Morgan fingerprint density at radius 1 is 1.06 bits per heavy atom. The largest absolute Gasteiger partial charge is 0.435 e. The fourth-order valence-electron chi connectivity index (χ4n) is 3.71. The van der Waals surface area contributed by atoms with Gasteiger partial charge in [0.15, 0.2) is 11.2 Å². The number of carbonyl (C=O) groups excluding carboxylic acids is 1. The lowest BCUT2D eigenvalue weighted by Gasteiger charge is -2.13. The quantitative estimate of drug-likeness (QED) is 0.359. The smallest absolute Gasteiger partial charge is 0.387 e. The van der Waals surface area contributed by atoms with E-state index in [0.29, 0.717) is 13.2 Å². The average Bonchev–Trinajstić information content (AvgIpc) is 3.28. The van der Waals surface area contributed by atoms with Crippen molar-refractivity contribution in [1.29, 1.82) is 0 Å². The standard InChI is InChI=1S/C24H23F2N5O5/c1-35-12-11-29-15-27-21-20(29)22(33)31(24(34)30(21)13-16-5-3-2-4-6-16)14-19(32)28-17-7-9-18(10-8-17)36-23(25)26/h2-10,15,23H,11-14H2,1H3,(H,28,32). The molecule has 0 radical (unpaired) electrons. The highest BCUT2D eigenvalue weighted by atomic mass is 19.3. The molecule has 36 heavy (non-hydrogen) atoms. The Morgan fingerprint density at radius 2 is 1.78 bits per heavy atom. The second-order valence-corrected chi connectivity index (χ2v) is 7.80. The lowest BCUT2D eigenvalue weighted by molar-refractivity contribution is -0.116. The summed E-state index contributed by atoms with van der Waals surface area (Å²) >= 11 is 0. The third-order valence-corrected chi connectivity index (χ3v) is 5.37. The first-order valence-electron chi connectivity index (χ1n) is 10.9. The summed E-state index contributed by atoms with van der Waals surface area (Å²) in [5.41, 5.74) is 0.117. The predicted molar refractivity (Wildman–Crippen MR) is 127 cm³/mol. The summed E-state index contributed by atoms with van der Waals surface area (Å²) in [6.45, 7) is -2.75. The molecule has 2 heterocycles. The van der Waals surface area contributed by atoms with Crippen molar-refractivity contribution >= 4 is 22.8 Å². The van der Waals surface area contributed by atoms with Gasteiger partial charge in [0.05, 0.1) is 19.5 Å². The molecule has 0 saturated carbocycles. The van der Waals surface area contributed by atoms with E-state index in [9.17, 15) is 23.2 Å². The van der Waals surface area contributed by atoms with Crippen LogP contribution in [-0.2, 0) is 29.2 Å². The molecule has 0 aliphatic heterocycles. The molecule has 4 aromatic rings. The van der Waals surface area contributed by atoms with E-state index in [1.54, 1.807) is 4.57 Å². The fourth-order valence-corrected chi connectivity index (χ4v) is 3.71. The van der Waals surface area contributed by atoms with Crippen molar-refractivity contribution in [1.82, 2.24) is 18.7 Å². The minimum atomic E-state index is -2.97. The normalized spacial score (nSPS) is 11.2. The van der Waals surface area contributed by atoms with E-state index in [0.717, 1.165) is 10.1 Å². The molecule has 4 rings (SSSR count). The first-order chi connectivity index (χ1) is 17.4. The fraction of sp³-hybridized carbons (Fsp3) is 0.250. The number of hydrogen-bond donors (Lipinski definition) is 1. The summed E-state index contributed by atoms with van der Waals surface area (Å²) < 4.78 is 37.8. The van der Waals surface area contributed by atoms with E-state index in [-0.39, 0.29) is 29.1 Å². The van der Waals surface area contributed by atoms with Crippen LogP contribution in [0.2, 0.25) is 0 Å². The van der Waals surface area contributed by atoms with Crippen LogP contribution in [0.1, 0.15) is 5.56 Å². The van der Waals surface area contributed by atoms with Crippen LogP contribution in [0, 0.1) is 0 Å². The Kier molecular flexibility index (Phi) is 7.54. The molecule has 0 aliphatic carbocycles. The Labute approximate surface area is 203 Å². The number of anilines is 1. The SMILES string of the molecule is COCCn1cnc2c1c(=O)n(CC(=O)Nc1ccc(OC(F)F)cc1)c(=O)n2Cc1ccccc1. The highest BCUT2D eigenvalue weighted by molar-refractivity contribution is 5.90. The zero-order chi connectivity index (χ0) is 25.7. The summed E-state index contributed by atoms with van der Waals surface area (Å²) in [4.78, 5) is 43.7. The minimum absolute atomic E-state index is 0.0715. The zero-order valence-corrected chi connectivity index (χ0v) is 19.3. The predicted octanol–water partition coefficient (Wildman–Crippen LogP) is 2.29. The number of alkyl halides is 2. The Bertz CT molecular complexity index is 1460. The van der Waals surface area contributed by atoms with E-state index in [1.807, 2.05) is 30.3 Å². The number of hydrogen-bond acceptors (Lipinski definition) is 6. The van der Waals surface area contributed by atoms with E-state index < -0.39 is 30.3 Å². The topological polar surface area (TPSA) is 109 Å². The van der Waals surface area contributed by atoms with Gasteiger partial charge >= 0.3 is 12.3 Å². The van der Waals surface area contributed by atoms with Gasteiger partial charge in [-0.15, -0.1) is 0 Å². The lowest BCUT2D eigenvalue weighted by atomic mass is 10.2.